The van der Waals surface area contributed by atoms with Crippen LogP contribution in [0.1, 0.15) is 218 Å². The van der Waals surface area contributed by atoms with Gasteiger partial charge in [-0.15, -0.1) is 0 Å². The van der Waals surface area contributed by atoms with Gasteiger partial charge >= 0.3 is 5.97 Å². The lowest BCUT2D eigenvalue weighted by atomic mass is 9.84. The van der Waals surface area contributed by atoms with Crippen LogP contribution in [-0.2, 0) is 11.2 Å². The quantitative estimate of drug-likeness (QED) is 0.0704. The number of ether oxygens (including phenoxy) is 1. The molecule has 3 atom stereocenters. The molecule has 0 aliphatic carbocycles. The average molecular weight is 713 g/mol. The summed E-state index contributed by atoms with van der Waals surface area (Å²) in [4.78, 5) is 10.3. The molecule has 1 aliphatic heterocycles. The number of carboxylic acid groups (broad SMARTS) is 1. The van der Waals surface area contributed by atoms with Crippen LogP contribution in [0.2, 0.25) is 0 Å². The highest BCUT2D eigenvalue weighted by molar-refractivity contribution is 5.66. The van der Waals surface area contributed by atoms with Crippen LogP contribution in [0, 0.1) is 38.5 Å². The number of aromatic hydroxyl groups is 1. The molecule has 0 radical (unpaired) electrons. The molecule has 2 N–H and O–H groups in total. The molecular formula is C47H84O4. The van der Waals surface area contributed by atoms with E-state index in [-0.39, 0.29) is 5.60 Å². The van der Waals surface area contributed by atoms with E-state index in [0.29, 0.717) is 12.2 Å². The number of carboxylic acids is 1. The predicted octanol–water partition coefficient (Wildman–Crippen LogP) is 14.9. The molecule has 0 saturated heterocycles. The predicted molar refractivity (Wildman–Crippen MR) is 221 cm³/mol. The summed E-state index contributed by atoms with van der Waals surface area (Å²) in [5.41, 5.74) is 4.23. The molecule has 4 heteroatoms. The van der Waals surface area contributed by atoms with Crippen LogP contribution in [0.15, 0.2) is 12.2 Å². The summed E-state index contributed by atoms with van der Waals surface area (Å²) < 4.78 is 6.60. The number of benzene rings is 1. The van der Waals surface area contributed by atoms with E-state index in [2.05, 4.69) is 60.6 Å². The zero-order valence-corrected chi connectivity index (χ0v) is 35.3. The van der Waals surface area contributed by atoms with Crippen LogP contribution >= 0.6 is 0 Å². The second kappa shape index (κ2) is 27.6. The fourth-order valence-electron chi connectivity index (χ4n) is 7.62. The van der Waals surface area contributed by atoms with Crippen molar-refractivity contribution in [2.45, 2.75) is 228 Å². The highest BCUT2D eigenvalue weighted by Gasteiger charge is 2.34. The third-order valence-electron chi connectivity index (χ3n) is 11.5. The van der Waals surface area contributed by atoms with Gasteiger partial charge in [-0.25, -0.2) is 0 Å². The first kappa shape index (κ1) is 47.1. The van der Waals surface area contributed by atoms with Gasteiger partial charge in [-0.2, -0.15) is 0 Å². The Labute approximate surface area is 317 Å². The van der Waals surface area contributed by atoms with Crippen molar-refractivity contribution in [3.05, 3.63) is 34.4 Å². The normalized spacial score (nSPS) is 16.8. The van der Waals surface area contributed by atoms with E-state index in [9.17, 15) is 9.90 Å². The number of fused-ring (bicyclic) bond motifs is 1. The number of phenols is 1. The molecule has 0 bridgehead atoms. The minimum atomic E-state index is -0.664. The van der Waals surface area contributed by atoms with Gasteiger partial charge in [0.05, 0.1) is 0 Å². The Morgan fingerprint density at radius 2 is 1.22 bits per heavy atom. The maximum Gasteiger partial charge on any atom is 0.303 e. The maximum atomic E-state index is 10.4. The SMILES string of the molecule is CCCCCCCC/C=C\CCCCCCCC(=O)O.Cc1c(C)c2c(c(C)c1O)CC[C@@](C)(CCCC(C)CCCC(C)CCCC(C)C)O2. The summed E-state index contributed by atoms with van der Waals surface area (Å²) in [7, 11) is 0. The minimum Gasteiger partial charge on any atom is -0.507 e. The molecule has 1 heterocycles. The van der Waals surface area contributed by atoms with E-state index in [0.717, 1.165) is 72.3 Å². The molecule has 51 heavy (non-hydrogen) atoms. The molecule has 0 spiro atoms. The molecular weight excluding hydrogens is 629 g/mol. The molecule has 296 valence electrons. The average Bonchev–Trinajstić information content (AvgIpc) is 3.08. The zero-order chi connectivity index (χ0) is 38.1. The molecule has 2 rings (SSSR count). The van der Waals surface area contributed by atoms with Crippen LogP contribution in [0.3, 0.4) is 0 Å². The number of hydrogen-bond acceptors (Lipinski definition) is 3. The largest absolute Gasteiger partial charge is 0.507 e. The van der Waals surface area contributed by atoms with Crippen molar-refractivity contribution >= 4 is 5.97 Å². The Bertz CT molecular complexity index is 1090. The Morgan fingerprint density at radius 1 is 0.706 bits per heavy atom. The standard InChI is InChI=1S/C29H50O2.C18H34O2/c1-20(2)12-9-13-21(3)14-10-15-22(4)16-11-18-29(8)19-17-26-25(7)27(30)23(5)24(6)28(26)31-29;1-2-3-4-5-6-7-8-9-10-11-12-13-14-15-16-17-18(19)20/h20-22,30H,9-19H2,1-8H3;9-10H,2-8,11-17H2,1H3,(H,19,20)/b;10-9-/t21?,22?,29-;/m1./s1. The summed E-state index contributed by atoms with van der Waals surface area (Å²) in [6.45, 7) is 20.2. The van der Waals surface area contributed by atoms with Crippen LogP contribution in [-0.4, -0.2) is 21.8 Å². The number of phenolic OH excluding ortho intramolecular Hbond substituents is 1. The van der Waals surface area contributed by atoms with Crippen molar-refractivity contribution in [2.24, 2.45) is 17.8 Å². The number of unbranched alkanes of at least 4 members (excludes halogenated alkanes) is 11. The molecule has 1 aliphatic rings. The topological polar surface area (TPSA) is 66.8 Å². The fraction of sp³-hybridized carbons (Fsp3) is 0.809. The van der Waals surface area contributed by atoms with Gasteiger partial charge in [0, 0.05) is 12.0 Å². The number of hydrogen-bond donors (Lipinski definition) is 2. The van der Waals surface area contributed by atoms with Gasteiger partial charge in [-0.3, -0.25) is 4.79 Å². The number of carbonyl (C=O) groups is 1. The molecule has 1 aromatic carbocycles. The molecule has 0 aromatic heterocycles. The van der Waals surface area contributed by atoms with Crippen LogP contribution in [0.5, 0.6) is 11.5 Å². The fourth-order valence-corrected chi connectivity index (χ4v) is 7.62. The Kier molecular flexibility index (Phi) is 25.5. The molecule has 4 nitrogen and oxygen atoms in total. The van der Waals surface area contributed by atoms with E-state index in [1.807, 2.05) is 13.8 Å². The van der Waals surface area contributed by atoms with Gasteiger partial charge < -0.3 is 14.9 Å². The van der Waals surface area contributed by atoms with Gasteiger partial charge in [-0.1, -0.05) is 143 Å². The van der Waals surface area contributed by atoms with Crippen molar-refractivity contribution in [1.82, 2.24) is 0 Å². The zero-order valence-electron chi connectivity index (χ0n) is 35.3. The van der Waals surface area contributed by atoms with Crippen molar-refractivity contribution in [1.29, 1.82) is 0 Å². The highest BCUT2D eigenvalue weighted by Crippen LogP contribution is 2.44. The summed E-state index contributed by atoms with van der Waals surface area (Å²) in [5, 5.41) is 18.9. The maximum absolute atomic E-state index is 10.4. The van der Waals surface area contributed by atoms with Crippen LogP contribution in [0.4, 0.5) is 0 Å². The number of allylic oxidation sites excluding steroid dienone is 2. The van der Waals surface area contributed by atoms with Gasteiger partial charge in [0.25, 0.3) is 0 Å². The second-order valence-corrected chi connectivity index (χ2v) is 17.2. The molecule has 0 fully saturated rings. The summed E-state index contributed by atoms with van der Waals surface area (Å²) in [6, 6.07) is 0. The van der Waals surface area contributed by atoms with E-state index in [1.165, 1.54) is 128 Å². The van der Waals surface area contributed by atoms with Crippen molar-refractivity contribution in [2.75, 3.05) is 0 Å². The Balaban J connectivity index is 0.000000564. The molecule has 0 amide bonds. The smallest absolute Gasteiger partial charge is 0.303 e. The van der Waals surface area contributed by atoms with Crippen LogP contribution in [0.25, 0.3) is 0 Å². The van der Waals surface area contributed by atoms with Gasteiger partial charge in [0.15, 0.2) is 0 Å². The van der Waals surface area contributed by atoms with E-state index < -0.39 is 5.97 Å². The van der Waals surface area contributed by atoms with E-state index in [4.69, 9.17) is 9.84 Å². The second-order valence-electron chi connectivity index (χ2n) is 17.2. The molecule has 0 saturated carbocycles. The first-order valence-corrected chi connectivity index (χ1v) is 21.7. The summed E-state index contributed by atoms with van der Waals surface area (Å²) in [5.74, 6) is 3.37. The van der Waals surface area contributed by atoms with Crippen molar-refractivity contribution in [3.63, 3.8) is 0 Å². The van der Waals surface area contributed by atoms with Gasteiger partial charge in [0.2, 0.25) is 0 Å². The van der Waals surface area contributed by atoms with Crippen molar-refractivity contribution < 1.29 is 19.7 Å². The minimum absolute atomic E-state index is 0.0712. The Morgan fingerprint density at radius 3 is 1.76 bits per heavy atom. The first-order valence-electron chi connectivity index (χ1n) is 21.7. The lowest BCUT2D eigenvalue weighted by Crippen LogP contribution is -2.37. The first-order chi connectivity index (χ1) is 24.3. The summed E-state index contributed by atoms with van der Waals surface area (Å²) in [6.07, 6.45) is 35.3. The third-order valence-corrected chi connectivity index (χ3v) is 11.5. The molecule has 1 aromatic rings. The monoisotopic (exact) mass is 713 g/mol. The van der Waals surface area contributed by atoms with Crippen LogP contribution < -0.4 is 4.74 Å². The summed E-state index contributed by atoms with van der Waals surface area (Å²) >= 11 is 0. The van der Waals surface area contributed by atoms with E-state index in [1.54, 1.807) is 0 Å². The van der Waals surface area contributed by atoms with Gasteiger partial charge in [0.1, 0.15) is 17.1 Å². The van der Waals surface area contributed by atoms with Crippen molar-refractivity contribution in [3.8, 4) is 11.5 Å². The Hall–Kier alpha value is -1.97. The highest BCUT2D eigenvalue weighted by atomic mass is 16.5. The van der Waals surface area contributed by atoms with E-state index >= 15 is 0 Å². The van der Waals surface area contributed by atoms with Gasteiger partial charge in [-0.05, 0) is 120 Å². The third kappa shape index (κ3) is 21.4. The number of rotatable bonds is 27. The molecule has 2 unspecified atom stereocenters. The number of aliphatic carboxylic acids is 1. The lowest BCUT2D eigenvalue weighted by molar-refractivity contribution is -0.137. The lowest BCUT2D eigenvalue weighted by Gasteiger charge is -2.38.